The van der Waals surface area contributed by atoms with Gasteiger partial charge in [0.1, 0.15) is 0 Å². The lowest BCUT2D eigenvalue weighted by molar-refractivity contribution is -0.136. The van der Waals surface area contributed by atoms with Gasteiger partial charge >= 0.3 is 0 Å². The summed E-state index contributed by atoms with van der Waals surface area (Å²) in [7, 11) is 4.22. The van der Waals surface area contributed by atoms with Crippen LogP contribution in [-0.4, -0.2) is 61.5 Å². The Hall–Kier alpha value is -0.610. The van der Waals surface area contributed by atoms with Crippen molar-refractivity contribution in [1.82, 2.24) is 15.1 Å². The lowest BCUT2D eigenvalue weighted by Crippen LogP contribution is -2.54. The van der Waals surface area contributed by atoms with Crippen LogP contribution in [0.15, 0.2) is 0 Å². The van der Waals surface area contributed by atoms with Gasteiger partial charge in [-0.05, 0) is 46.3 Å². The molecule has 1 amide bonds. The Morgan fingerprint density at radius 2 is 2.06 bits per heavy atom. The molecule has 2 fully saturated rings. The molecule has 0 aromatic heterocycles. The van der Waals surface area contributed by atoms with Gasteiger partial charge in [0.15, 0.2) is 0 Å². The Balaban J connectivity index is 1.89. The summed E-state index contributed by atoms with van der Waals surface area (Å²) in [6.07, 6.45) is 5.77. The van der Waals surface area contributed by atoms with Crippen molar-refractivity contribution < 1.29 is 4.79 Å². The van der Waals surface area contributed by atoms with E-state index < -0.39 is 0 Å². The second-order valence-electron chi connectivity index (χ2n) is 5.55. The van der Waals surface area contributed by atoms with Crippen LogP contribution in [0.4, 0.5) is 0 Å². The van der Waals surface area contributed by atoms with Gasteiger partial charge in [-0.25, -0.2) is 0 Å². The van der Waals surface area contributed by atoms with E-state index in [2.05, 4.69) is 29.2 Å². The summed E-state index contributed by atoms with van der Waals surface area (Å²) in [5, 5.41) is 3.36. The van der Waals surface area contributed by atoms with E-state index >= 15 is 0 Å². The largest absolute Gasteiger partial charge is 0.340 e. The van der Waals surface area contributed by atoms with Gasteiger partial charge in [0.2, 0.25) is 5.91 Å². The number of likely N-dealkylation sites (tertiary alicyclic amines) is 1. The quantitative estimate of drug-likeness (QED) is 0.770. The number of carbonyl (C=O) groups is 1. The number of hydrogen-bond donors (Lipinski definition) is 1. The molecule has 4 heteroatoms. The van der Waals surface area contributed by atoms with Gasteiger partial charge in [-0.1, -0.05) is 6.42 Å². The summed E-state index contributed by atoms with van der Waals surface area (Å²) in [6, 6.07) is 0.626. The third-order valence-electron chi connectivity index (χ3n) is 4.05. The maximum atomic E-state index is 12.4. The Kier molecular flexibility index (Phi) is 4.40. The fourth-order valence-electron chi connectivity index (χ4n) is 2.86. The molecule has 4 nitrogen and oxygen atoms in total. The predicted octanol–water partition coefficient (Wildman–Crippen LogP) is 0.681. The summed E-state index contributed by atoms with van der Waals surface area (Å²) in [4.78, 5) is 16.7. The van der Waals surface area contributed by atoms with Crippen LogP contribution in [-0.2, 0) is 4.79 Å². The van der Waals surface area contributed by atoms with E-state index in [0.29, 0.717) is 11.9 Å². The average Bonchev–Trinajstić information content (AvgIpc) is 2.39. The third kappa shape index (κ3) is 3.19. The van der Waals surface area contributed by atoms with E-state index in [1.165, 1.54) is 19.3 Å². The zero-order chi connectivity index (χ0) is 12.3. The van der Waals surface area contributed by atoms with E-state index in [-0.39, 0.29) is 6.04 Å². The van der Waals surface area contributed by atoms with Crippen LogP contribution in [0.25, 0.3) is 0 Å². The maximum Gasteiger partial charge on any atom is 0.239 e. The monoisotopic (exact) mass is 239 g/mol. The molecule has 2 atom stereocenters. The molecule has 0 radical (unpaired) electrons. The summed E-state index contributed by atoms with van der Waals surface area (Å²) >= 11 is 0. The molecule has 1 N–H and O–H groups in total. The molecule has 0 aromatic carbocycles. The number of piperidine rings is 2. The molecule has 2 saturated heterocycles. The van der Waals surface area contributed by atoms with Crippen LogP contribution in [0.3, 0.4) is 0 Å². The smallest absolute Gasteiger partial charge is 0.239 e. The molecule has 0 aliphatic carbocycles. The van der Waals surface area contributed by atoms with Crippen LogP contribution < -0.4 is 5.32 Å². The Morgan fingerprint density at radius 1 is 1.24 bits per heavy atom. The van der Waals surface area contributed by atoms with Crippen LogP contribution in [0.1, 0.15) is 32.1 Å². The molecule has 17 heavy (non-hydrogen) atoms. The second kappa shape index (κ2) is 5.83. The second-order valence-corrected chi connectivity index (χ2v) is 5.55. The third-order valence-corrected chi connectivity index (χ3v) is 4.05. The molecule has 98 valence electrons. The molecule has 0 aromatic rings. The SMILES string of the molecule is CN(C)C1CCCN(C(=O)[C@H]2CCCCN2)C1. The molecule has 2 rings (SSSR count). The molecule has 0 saturated carbocycles. The predicted molar refractivity (Wildman–Crippen MR) is 68.9 cm³/mol. The van der Waals surface area contributed by atoms with Crippen LogP contribution in [0, 0.1) is 0 Å². The van der Waals surface area contributed by atoms with Gasteiger partial charge in [-0.3, -0.25) is 4.79 Å². The number of likely N-dealkylation sites (N-methyl/N-ethyl adjacent to an activating group) is 1. The van der Waals surface area contributed by atoms with Crippen molar-refractivity contribution in [2.24, 2.45) is 0 Å². The lowest BCUT2D eigenvalue weighted by Gasteiger charge is -2.38. The Labute approximate surface area is 104 Å². The fraction of sp³-hybridized carbons (Fsp3) is 0.923. The summed E-state index contributed by atoms with van der Waals surface area (Å²) in [5.41, 5.74) is 0. The summed E-state index contributed by atoms with van der Waals surface area (Å²) in [6.45, 7) is 2.85. The number of nitrogens with one attached hydrogen (secondary N) is 1. The number of hydrogen-bond acceptors (Lipinski definition) is 3. The number of amides is 1. The van der Waals surface area contributed by atoms with Crippen LogP contribution in [0.2, 0.25) is 0 Å². The first-order valence-electron chi connectivity index (χ1n) is 6.87. The number of nitrogens with zero attached hydrogens (tertiary/aromatic N) is 2. The first-order valence-corrected chi connectivity index (χ1v) is 6.87. The topological polar surface area (TPSA) is 35.6 Å². The van der Waals surface area contributed by atoms with E-state index in [4.69, 9.17) is 0 Å². The summed E-state index contributed by atoms with van der Waals surface area (Å²) < 4.78 is 0. The molecule has 0 bridgehead atoms. The fourth-order valence-corrected chi connectivity index (χ4v) is 2.86. The van der Waals surface area contributed by atoms with Crippen molar-refractivity contribution in [3.8, 4) is 0 Å². The van der Waals surface area contributed by atoms with Gasteiger partial charge in [0, 0.05) is 19.1 Å². The zero-order valence-corrected chi connectivity index (χ0v) is 11.1. The van der Waals surface area contributed by atoms with Gasteiger partial charge in [0.05, 0.1) is 6.04 Å². The van der Waals surface area contributed by atoms with Crippen molar-refractivity contribution in [2.45, 2.75) is 44.2 Å². The highest BCUT2D eigenvalue weighted by Crippen LogP contribution is 2.17. The molecule has 0 spiro atoms. The highest BCUT2D eigenvalue weighted by Gasteiger charge is 2.30. The summed E-state index contributed by atoms with van der Waals surface area (Å²) in [5.74, 6) is 0.330. The first-order chi connectivity index (χ1) is 8.18. The Morgan fingerprint density at radius 3 is 2.71 bits per heavy atom. The minimum absolute atomic E-state index is 0.0877. The molecule has 2 aliphatic rings. The zero-order valence-electron chi connectivity index (χ0n) is 11.1. The van der Waals surface area contributed by atoms with E-state index in [1.807, 2.05) is 0 Å². The van der Waals surface area contributed by atoms with Crippen molar-refractivity contribution in [3.05, 3.63) is 0 Å². The van der Waals surface area contributed by atoms with Crippen LogP contribution in [0.5, 0.6) is 0 Å². The van der Waals surface area contributed by atoms with Gasteiger partial charge in [-0.2, -0.15) is 0 Å². The van der Waals surface area contributed by atoms with Crippen molar-refractivity contribution in [2.75, 3.05) is 33.7 Å². The maximum absolute atomic E-state index is 12.4. The normalized spacial score (nSPS) is 30.6. The minimum Gasteiger partial charge on any atom is -0.340 e. The number of rotatable bonds is 2. The van der Waals surface area contributed by atoms with E-state index in [9.17, 15) is 4.79 Å². The van der Waals surface area contributed by atoms with Gasteiger partial charge in [-0.15, -0.1) is 0 Å². The highest BCUT2D eigenvalue weighted by atomic mass is 16.2. The van der Waals surface area contributed by atoms with E-state index in [0.717, 1.165) is 32.5 Å². The van der Waals surface area contributed by atoms with Crippen molar-refractivity contribution >= 4 is 5.91 Å². The average molecular weight is 239 g/mol. The minimum atomic E-state index is 0.0877. The standard InChI is InChI=1S/C13H25N3O/c1-15(2)11-6-5-9-16(10-11)13(17)12-7-3-4-8-14-12/h11-12,14H,3-10H2,1-2H3/t11?,12-/m1/s1. The Bertz CT molecular complexity index is 261. The van der Waals surface area contributed by atoms with Crippen LogP contribution >= 0.6 is 0 Å². The lowest BCUT2D eigenvalue weighted by atomic mass is 10.0. The number of carbonyl (C=O) groups excluding carboxylic acids is 1. The first kappa shape index (κ1) is 12.8. The highest BCUT2D eigenvalue weighted by molar-refractivity contribution is 5.82. The molecule has 1 unspecified atom stereocenters. The van der Waals surface area contributed by atoms with Gasteiger partial charge in [0.25, 0.3) is 0 Å². The molecule has 2 heterocycles. The van der Waals surface area contributed by atoms with Crippen molar-refractivity contribution in [3.63, 3.8) is 0 Å². The molecular formula is C13H25N3O. The molecular weight excluding hydrogens is 214 g/mol. The van der Waals surface area contributed by atoms with Gasteiger partial charge < -0.3 is 15.1 Å². The van der Waals surface area contributed by atoms with E-state index in [1.54, 1.807) is 0 Å². The van der Waals surface area contributed by atoms with Crippen molar-refractivity contribution in [1.29, 1.82) is 0 Å². The molecule has 2 aliphatic heterocycles.